The van der Waals surface area contributed by atoms with E-state index in [2.05, 4.69) is 15.8 Å². The molecule has 2 aromatic rings. The molecule has 1 atom stereocenters. The maximum Gasteiger partial charge on any atom is 0.252 e. The van der Waals surface area contributed by atoms with Crippen molar-refractivity contribution in [1.29, 1.82) is 0 Å². The van der Waals surface area contributed by atoms with E-state index in [1.54, 1.807) is 57.4 Å². The van der Waals surface area contributed by atoms with E-state index < -0.39 is 17.7 Å². The minimum Gasteiger partial charge on any atom is -0.508 e. The third kappa shape index (κ3) is 5.85. The predicted molar refractivity (Wildman–Crippen MR) is 104 cm³/mol. The molecule has 1 unspecified atom stereocenters. The van der Waals surface area contributed by atoms with Gasteiger partial charge in [-0.25, -0.2) is 5.43 Å². The van der Waals surface area contributed by atoms with Gasteiger partial charge in [0.1, 0.15) is 17.4 Å². The molecule has 0 saturated carbocycles. The molecule has 3 N–H and O–H groups in total. The van der Waals surface area contributed by atoms with Gasteiger partial charge in [0, 0.05) is 5.69 Å². The normalized spacial score (nSPS) is 12.0. The maximum atomic E-state index is 12.5. The Kier molecular flexibility index (Phi) is 6.93. The van der Waals surface area contributed by atoms with Crippen molar-refractivity contribution < 1.29 is 19.4 Å². The summed E-state index contributed by atoms with van der Waals surface area (Å²) >= 11 is 0. The molecule has 0 radical (unpaired) electrons. The molecule has 0 saturated heterocycles. The van der Waals surface area contributed by atoms with Gasteiger partial charge in [0.2, 0.25) is 5.91 Å². The van der Waals surface area contributed by atoms with Gasteiger partial charge in [-0.1, -0.05) is 26.0 Å². The third-order valence-electron chi connectivity index (χ3n) is 3.85. The lowest BCUT2D eigenvalue weighted by Crippen LogP contribution is -2.39. The smallest absolute Gasteiger partial charge is 0.252 e. The van der Waals surface area contributed by atoms with Gasteiger partial charge >= 0.3 is 0 Å². The molecule has 0 aliphatic rings. The van der Waals surface area contributed by atoms with E-state index in [-0.39, 0.29) is 11.7 Å². The molecular weight excluding hydrogens is 346 g/mol. The number of carbonyl (C=O) groups is 2. The summed E-state index contributed by atoms with van der Waals surface area (Å²) in [5, 5.41) is 16.0. The number of phenols is 1. The molecule has 0 aliphatic carbocycles. The molecule has 142 valence electrons. The highest BCUT2D eigenvalue weighted by Crippen LogP contribution is 2.18. The number of anilines is 1. The Bertz CT molecular complexity index is 816. The third-order valence-corrected chi connectivity index (χ3v) is 3.85. The average Bonchev–Trinajstić information content (AvgIpc) is 2.62. The number of amides is 2. The Hall–Kier alpha value is -3.35. The second-order valence-electron chi connectivity index (χ2n) is 6.27. The number of carbonyl (C=O) groups excluding carboxylic acids is 2. The number of nitrogens with zero attached hydrogens (tertiary/aromatic N) is 1. The van der Waals surface area contributed by atoms with Crippen LogP contribution in [0.1, 0.15) is 19.4 Å². The summed E-state index contributed by atoms with van der Waals surface area (Å²) in [5.41, 5.74) is 3.58. The SMILES string of the molecule is COc1ccc(NC(=O)C(C(=O)NN=Cc2cccc(O)c2)C(C)C)cc1. The summed E-state index contributed by atoms with van der Waals surface area (Å²) < 4.78 is 5.08. The van der Waals surface area contributed by atoms with Crippen LogP contribution in [0.25, 0.3) is 0 Å². The predicted octanol–water partition coefficient (Wildman–Crippen LogP) is 2.76. The van der Waals surface area contributed by atoms with Crippen molar-refractivity contribution in [3.8, 4) is 11.5 Å². The molecule has 7 nitrogen and oxygen atoms in total. The topological polar surface area (TPSA) is 100 Å². The number of benzene rings is 2. The minimum atomic E-state index is -0.909. The second-order valence-corrected chi connectivity index (χ2v) is 6.27. The number of ether oxygens (including phenoxy) is 1. The summed E-state index contributed by atoms with van der Waals surface area (Å²) in [6.45, 7) is 3.58. The molecule has 0 heterocycles. The van der Waals surface area contributed by atoms with Crippen LogP contribution >= 0.6 is 0 Å². The number of rotatable bonds is 7. The van der Waals surface area contributed by atoms with Crippen LogP contribution in [0.5, 0.6) is 11.5 Å². The van der Waals surface area contributed by atoms with Crippen molar-refractivity contribution in [1.82, 2.24) is 5.43 Å². The Labute approximate surface area is 158 Å². The van der Waals surface area contributed by atoms with E-state index in [1.807, 2.05) is 0 Å². The van der Waals surface area contributed by atoms with E-state index in [4.69, 9.17) is 4.74 Å². The fraction of sp³-hybridized carbons (Fsp3) is 0.250. The second kappa shape index (κ2) is 9.38. The van der Waals surface area contributed by atoms with E-state index >= 15 is 0 Å². The van der Waals surface area contributed by atoms with Crippen LogP contribution in [0.3, 0.4) is 0 Å². The molecule has 0 bridgehead atoms. The van der Waals surface area contributed by atoms with Crippen LogP contribution in [-0.2, 0) is 9.59 Å². The molecular formula is C20H23N3O4. The summed E-state index contributed by atoms with van der Waals surface area (Å²) in [7, 11) is 1.56. The quantitative estimate of drug-likeness (QED) is 0.397. The number of methoxy groups -OCH3 is 1. The van der Waals surface area contributed by atoms with Gasteiger partial charge in [0.25, 0.3) is 5.91 Å². The van der Waals surface area contributed by atoms with Gasteiger partial charge in [-0.3, -0.25) is 9.59 Å². The first kappa shape index (κ1) is 20.0. The summed E-state index contributed by atoms with van der Waals surface area (Å²) in [4.78, 5) is 25.0. The van der Waals surface area contributed by atoms with Gasteiger partial charge in [0.15, 0.2) is 0 Å². The van der Waals surface area contributed by atoms with Crippen LogP contribution < -0.4 is 15.5 Å². The molecule has 0 fully saturated rings. The Morgan fingerprint density at radius 3 is 2.41 bits per heavy atom. The number of phenolic OH excluding ortho intramolecular Hbond substituents is 1. The van der Waals surface area contributed by atoms with E-state index in [9.17, 15) is 14.7 Å². The number of hydrogen-bond donors (Lipinski definition) is 3. The molecule has 2 aromatic carbocycles. The highest BCUT2D eigenvalue weighted by molar-refractivity contribution is 6.06. The maximum absolute atomic E-state index is 12.5. The van der Waals surface area contributed by atoms with E-state index in [1.165, 1.54) is 18.3 Å². The Balaban J connectivity index is 2.01. The number of aromatic hydroxyl groups is 1. The zero-order valence-electron chi connectivity index (χ0n) is 15.5. The van der Waals surface area contributed by atoms with Crippen LogP contribution in [0.2, 0.25) is 0 Å². The van der Waals surface area contributed by atoms with Crippen molar-refractivity contribution in [2.45, 2.75) is 13.8 Å². The molecule has 0 aliphatic heterocycles. The first-order chi connectivity index (χ1) is 12.9. The Morgan fingerprint density at radius 1 is 1.11 bits per heavy atom. The summed E-state index contributed by atoms with van der Waals surface area (Å²) in [5.74, 6) is -1.28. The lowest BCUT2D eigenvalue weighted by Gasteiger charge is -2.18. The van der Waals surface area contributed by atoms with Crippen LogP contribution in [0, 0.1) is 11.8 Å². The fourth-order valence-corrected chi connectivity index (χ4v) is 2.46. The first-order valence-corrected chi connectivity index (χ1v) is 8.47. The van der Waals surface area contributed by atoms with Crippen molar-refractivity contribution in [3.63, 3.8) is 0 Å². The summed E-state index contributed by atoms with van der Waals surface area (Å²) in [6, 6.07) is 13.3. The van der Waals surface area contributed by atoms with Crippen molar-refractivity contribution in [2.75, 3.05) is 12.4 Å². The van der Waals surface area contributed by atoms with Crippen LogP contribution in [-0.4, -0.2) is 30.2 Å². The Morgan fingerprint density at radius 2 is 1.81 bits per heavy atom. The molecule has 27 heavy (non-hydrogen) atoms. The van der Waals surface area contributed by atoms with Crippen LogP contribution in [0.4, 0.5) is 5.69 Å². The summed E-state index contributed by atoms with van der Waals surface area (Å²) in [6.07, 6.45) is 1.40. The lowest BCUT2D eigenvalue weighted by molar-refractivity contribution is -0.134. The first-order valence-electron chi connectivity index (χ1n) is 8.47. The standard InChI is InChI=1S/C20H23N3O4/c1-13(2)18(19(25)22-15-7-9-17(27-3)10-8-15)20(26)23-21-12-14-5-4-6-16(24)11-14/h4-13,18,24H,1-3H3,(H,22,25)(H,23,26). The van der Waals surface area contributed by atoms with Gasteiger partial charge in [-0.2, -0.15) is 5.10 Å². The highest BCUT2D eigenvalue weighted by atomic mass is 16.5. The minimum absolute atomic E-state index is 0.101. The van der Waals surface area contributed by atoms with E-state index in [0.717, 1.165) is 0 Å². The molecule has 2 rings (SSSR count). The van der Waals surface area contributed by atoms with E-state index in [0.29, 0.717) is 17.0 Å². The molecule has 0 spiro atoms. The van der Waals surface area contributed by atoms with Gasteiger partial charge < -0.3 is 15.2 Å². The monoisotopic (exact) mass is 369 g/mol. The van der Waals surface area contributed by atoms with Crippen LogP contribution in [0.15, 0.2) is 53.6 Å². The number of nitrogens with one attached hydrogen (secondary N) is 2. The van der Waals surface area contributed by atoms with Crippen molar-refractivity contribution in [3.05, 3.63) is 54.1 Å². The molecule has 7 heteroatoms. The molecule has 2 amide bonds. The largest absolute Gasteiger partial charge is 0.508 e. The zero-order chi connectivity index (χ0) is 19.8. The average molecular weight is 369 g/mol. The van der Waals surface area contributed by atoms with Crippen molar-refractivity contribution in [2.24, 2.45) is 16.9 Å². The number of hydrogen-bond acceptors (Lipinski definition) is 5. The number of hydrazone groups is 1. The van der Waals surface area contributed by atoms with Gasteiger partial charge in [-0.05, 0) is 47.9 Å². The van der Waals surface area contributed by atoms with Gasteiger partial charge in [-0.15, -0.1) is 0 Å². The molecule has 0 aromatic heterocycles. The fourth-order valence-electron chi connectivity index (χ4n) is 2.46. The van der Waals surface area contributed by atoms with Gasteiger partial charge in [0.05, 0.1) is 13.3 Å². The highest BCUT2D eigenvalue weighted by Gasteiger charge is 2.29. The zero-order valence-corrected chi connectivity index (χ0v) is 15.5. The lowest BCUT2D eigenvalue weighted by atomic mass is 9.94. The van der Waals surface area contributed by atoms with Crippen molar-refractivity contribution >= 4 is 23.7 Å².